The van der Waals surface area contributed by atoms with Gasteiger partial charge in [-0.15, -0.1) is 11.6 Å². The molecule has 1 heterocycles. The second kappa shape index (κ2) is 4.94. The highest BCUT2D eigenvalue weighted by molar-refractivity contribution is 6.24. The van der Waals surface area contributed by atoms with Crippen molar-refractivity contribution in [2.45, 2.75) is 11.8 Å². The fraction of sp³-hybridized carbons (Fsp3) is 0.333. The van der Waals surface area contributed by atoms with Gasteiger partial charge in [0.2, 0.25) is 5.91 Å². The van der Waals surface area contributed by atoms with Crippen LogP contribution in [0.25, 0.3) is 0 Å². The molecule has 0 aliphatic carbocycles. The van der Waals surface area contributed by atoms with Crippen LogP contribution in [0.1, 0.15) is 16.8 Å². The van der Waals surface area contributed by atoms with Gasteiger partial charge in [-0.05, 0) is 12.1 Å². The molecule has 1 saturated heterocycles. The number of halogens is 2. The van der Waals surface area contributed by atoms with Crippen molar-refractivity contribution in [1.29, 1.82) is 0 Å². The Morgan fingerprint density at radius 2 is 2.28 bits per heavy atom. The van der Waals surface area contributed by atoms with E-state index in [0.29, 0.717) is 0 Å². The van der Waals surface area contributed by atoms with Crippen molar-refractivity contribution < 1.29 is 18.7 Å². The third kappa shape index (κ3) is 2.18. The van der Waals surface area contributed by atoms with Crippen molar-refractivity contribution in [3.8, 4) is 0 Å². The average Bonchev–Trinajstić information content (AvgIpc) is 2.67. The highest BCUT2D eigenvalue weighted by atomic mass is 35.5. The molecule has 1 amide bonds. The molecule has 4 nitrogen and oxygen atoms in total. The van der Waals surface area contributed by atoms with Crippen molar-refractivity contribution in [1.82, 2.24) is 0 Å². The molecule has 0 saturated carbocycles. The van der Waals surface area contributed by atoms with E-state index in [2.05, 4.69) is 4.74 Å². The van der Waals surface area contributed by atoms with Crippen LogP contribution in [-0.2, 0) is 9.53 Å². The van der Waals surface area contributed by atoms with Gasteiger partial charge in [-0.1, -0.05) is 6.07 Å². The molecule has 0 spiro atoms. The summed E-state index contributed by atoms with van der Waals surface area (Å²) in [6.07, 6.45) is 0.179. The lowest BCUT2D eigenvalue weighted by atomic mass is 10.1. The maximum atomic E-state index is 13.7. The number of benzene rings is 1. The number of carbonyl (C=O) groups is 2. The van der Waals surface area contributed by atoms with E-state index in [1.54, 1.807) is 0 Å². The first-order chi connectivity index (χ1) is 8.54. The van der Waals surface area contributed by atoms with Gasteiger partial charge in [-0.3, -0.25) is 4.79 Å². The number of methoxy groups -OCH3 is 1. The van der Waals surface area contributed by atoms with E-state index in [0.717, 1.165) is 13.2 Å². The summed E-state index contributed by atoms with van der Waals surface area (Å²) in [6, 6.07) is 4.09. The molecule has 0 bridgehead atoms. The molecule has 1 aromatic rings. The van der Waals surface area contributed by atoms with Crippen LogP contribution >= 0.6 is 11.6 Å². The van der Waals surface area contributed by atoms with Gasteiger partial charge in [0.15, 0.2) is 0 Å². The Bertz CT molecular complexity index is 506. The van der Waals surface area contributed by atoms with Crippen molar-refractivity contribution in [3.63, 3.8) is 0 Å². The SMILES string of the molecule is COC(=O)c1c(F)cccc1N1CC(Cl)CC1=O. The average molecular weight is 272 g/mol. The minimum Gasteiger partial charge on any atom is -0.465 e. The predicted octanol–water partition coefficient (Wildman–Crippen LogP) is 1.96. The smallest absolute Gasteiger partial charge is 0.343 e. The largest absolute Gasteiger partial charge is 0.465 e. The molecule has 0 radical (unpaired) electrons. The van der Waals surface area contributed by atoms with E-state index >= 15 is 0 Å². The minimum atomic E-state index is -0.811. The van der Waals surface area contributed by atoms with Gasteiger partial charge in [-0.25, -0.2) is 9.18 Å². The third-order valence-corrected chi connectivity index (χ3v) is 3.04. The number of hydrogen-bond donors (Lipinski definition) is 0. The highest BCUT2D eigenvalue weighted by Crippen LogP contribution is 2.29. The van der Waals surface area contributed by atoms with Crippen LogP contribution in [0.4, 0.5) is 10.1 Å². The van der Waals surface area contributed by atoms with Crippen LogP contribution in [0.15, 0.2) is 18.2 Å². The predicted molar refractivity (Wildman–Crippen MR) is 64.4 cm³/mol. The van der Waals surface area contributed by atoms with Crippen molar-refractivity contribution in [2.75, 3.05) is 18.6 Å². The number of carbonyl (C=O) groups excluding carboxylic acids is 2. The molecule has 18 heavy (non-hydrogen) atoms. The van der Waals surface area contributed by atoms with E-state index in [4.69, 9.17) is 11.6 Å². The molecular formula is C12H11ClFNO3. The molecule has 6 heteroatoms. The lowest BCUT2D eigenvalue weighted by Crippen LogP contribution is -2.27. The summed E-state index contributed by atoms with van der Waals surface area (Å²) in [4.78, 5) is 24.6. The summed E-state index contributed by atoms with van der Waals surface area (Å²) in [7, 11) is 1.16. The molecule has 96 valence electrons. The first-order valence-electron chi connectivity index (χ1n) is 5.36. The van der Waals surface area contributed by atoms with Crippen LogP contribution in [0.5, 0.6) is 0 Å². The Labute approximate surface area is 108 Å². The van der Waals surface area contributed by atoms with Crippen molar-refractivity contribution >= 4 is 29.2 Å². The number of anilines is 1. The molecular weight excluding hydrogens is 261 g/mol. The van der Waals surface area contributed by atoms with Gasteiger partial charge in [-0.2, -0.15) is 0 Å². The molecule has 1 fully saturated rings. The summed E-state index contributed by atoms with van der Waals surface area (Å²) in [5.74, 6) is -1.76. The van der Waals surface area contributed by atoms with Crippen LogP contribution in [0.3, 0.4) is 0 Å². The second-order valence-corrected chi connectivity index (χ2v) is 4.55. The van der Waals surface area contributed by atoms with Crippen molar-refractivity contribution in [2.24, 2.45) is 0 Å². The Morgan fingerprint density at radius 3 is 2.83 bits per heavy atom. The van der Waals surface area contributed by atoms with Crippen LogP contribution in [-0.4, -0.2) is 30.9 Å². The van der Waals surface area contributed by atoms with Gasteiger partial charge >= 0.3 is 5.97 Å². The van der Waals surface area contributed by atoms with E-state index < -0.39 is 11.8 Å². The van der Waals surface area contributed by atoms with Gasteiger partial charge in [0, 0.05) is 13.0 Å². The Kier molecular flexibility index (Phi) is 3.52. The zero-order valence-electron chi connectivity index (χ0n) is 9.65. The zero-order valence-corrected chi connectivity index (χ0v) is 10.4. The number of esters is 1. The number of ether oxygens (including phenoxy) is 1. The van der Waals surface area contributed by atoms with Gasteiger partial charge in [0.25, 0.3) is 0 Å². The third-order valence-electron chi connectivity index (χ3n) is 2.75. The number of hydrogen-bond acceptors (Lipinski definition) is 3. The molecule has 1 aliphatic heterocycles. The fourth-order valence-corrected chi connectivity index (χ4v) is 2.21. The highest BCUT2D eigenvalue weighted by Gasteiger charge is 2.32. The zero-order chi connectivity index (χ0) is 13.3. The normalized spacial score (nSPS) is 19.2. The first kappa shape index (κ1) is 12.8. The summed E-state index contributed by atoms with van der Waals surface area (Å²) in [5, 5.41) is -0.328. The molecule has 1 atom stereocenters. The Balaban J connectivity index is 2.48. The molecule has 2 rings (SSSR count). The molecule has 1 unspecified atom stereocenters. The second-order valence-electron chi connectivity index (χ2n) is 3.93. The summed E-state index contributed by atoms with van der Waals surface area (Å²) >= 11 is 5.88. The van der Waals surface area contributed by atoms with E-state index in [1.807, 2.05) is 0 Å². The monoisotopic (exact) mass is 271 g/mol. The van der Waals surface area contributed by atoms with Gasteiger partial charge < -0.3 is 9.64 Å². The lowest BCUT2D eigenvalue weighted by molar-refractivity contribution is -0.117. The van der Waals surface area contributed by atoms with Gasteiger partial charge in [0.1, 0.15) is 11.4 Å². The van der Waals surface area contributed by atoms with E-state index in [9.17, 15) is 14.0 Å². The maximum absolute atomic E-state index is 13.7. The molecule has 0 N–H and O–H groups in total. The summed E-state index contributed by atoms with van der Waals surface area (Å²) in [6.45, 7) is 0.258. The maximum Gasteiger partial charge on any atom is 0.343 e. The number of alkyl halides is 1. The van der Waals surface area contributed by atoms with Crippen molar-refractivity contribution in [3.05, 3.63) is 29.6 Å². The number of amides is 1. The number of rotatable bonds is 2. The van der Waals surface area contributed by atoms with E-state index in [1.165, 1.54) is 17.0 Å². The van der Waals surface area contributed by atoms with Crippen LogP contribution in [0.2, 0.25) is 0 Å². The van der Waals surface area contributed by atoms with Crippen LogP contribution < -0.4 is 4.90 Å². The standard InChI is InChI=1S/C12H11ClFNO3/c1-18-12(17)11-8(14)3-2-4-9(11)15-6-7(13)5-10(15)16/h2-4,7H,5-6H2,1H3. The number of nitrogens with zero attached hydrogens (tertiary/aromatic N) is 1. The van der Waals surface area contributed by atoms with E-state index in [-0.39, 0.29) is 35.5 Å². The molecule has 1 aliphatic rings. The minimum absolute atomic E-state index is 0.179. The summed E-state index contributed by atoms with van der Waals surface area (Å²) in [5.41, 5.74) is -0.0332. The lowest BCUT2D eigenvalue weighted by Gasteiger charge is -2.19. The molecule has 0 aromatic heterocycles. The molecule has 1 aromatic carbocycles. The first-order valence-corrected chi connectivity index (χ1v) is 5.79. The Morgan fingerprint density at radius 1 is 1.56 bits per heavy atom. The fourth-order valence-electron chi connectivity index (χ4n) is 1.94. The Hall–Kier alpha value is -1.62. The quantitative estimate of drug-likeness (QED) is 0.610. The van der Waals surface area contributed by atoms with Crippen LogP contribution in [0, 0.1) is 5.82 Å². The summed E-state index contributed by atoms with van der Waals surface area (Å²) < 4.78 is 18.2. The van der Waals surface area contributed by atoms with Gasteiger partial charge in [0.05, 0.1) is 18.2 Å². The topological polar surface area (TPSA) is 46.6 Å².